The van der Waals surface area contributed by atoms with Crippen molar-refractivity contribution < 1.29 is 9.53 Å². The van der Waals surface area contributed by atoms with Crippen LogP contribution in [0.2, 0.25) is 0 Å². The highest BCUT2D eigenvalue weighted by atomic mass is 32.1. The van der Waals surface area contributed by atoms with Crippen LogP contribution >= 0.6 is 11.3 Å². The zero-order valence-electron chi connectivity index (χ0n) is 14.7. The lowest BCUT2D eigenvalue weighted by Gasteiger charge is -2.17. The zero-order chi connectivity index (χ0) is 18.7. The molecule has 0 amide bonds. The zero-order valence-corrected chi connectivity index (χ0v) is 15.5. The van der Waals surface area contributed by atoms with Crippen LogP contribution in [0.1, 0.15) is 26.5 Å². The van der Waals surface area contributed by atoms with Gasteiger partial charge < -0.3 is 4.74 Å². The molecule has 6 heteroatoms. The Kier molecular flexibility index (Phi) is 4.95. The topological polar surface area (TPSA) is 69.2 Å². The molecular weight excluding hydrogens is 348 g/mol. The maximum Gasteiger partial charge on any atom is 0.331 e. The van der Waals surface area contributed by atoms with E-state index in [4.69, 9.17) is 4.74 Å². The molecule has 0 atom stereocenters. The maximum atomic E-state index is 12.2. The lowest BCUT2D eigenvalue weighted by atomic mass is 10.2. The minimum atomic E-state index is -0.544. The molecule has 0 radical (unpaired) electrons. The van der Waals surface area contributed by atoms with Crippen molar-refractivity contribution >= 4 is 33.5 Å². The molecule has 0 bridgehead atoms. The second-order valence-electron chi connectivity index (χ2n) is 6.63. The molecular formula is C20H18N2O3S. The van der Waals surface area contributed by atoms with Gasteiger partial charge in [-0.25, -0.2) is 9.78 Å². The molecule has 0 fully saturated rings. The highest BCUT2D eigenvalue weighted by molar-refractivity contribution is 7.21. The van der Waals surface area contributed by atoms with E-state index in [0.29, 0.717) is 21.8 Å². The van der Waals surface area contributed by atoms with E-state index in [9.17, 15) is 9.59 Å². The summed E-state index contributed by atoms with van der Waals surface area (Å²) in [6, 6.07) is 12.7. The van der Waals surface area contributed by atoms with Gasteiger partial charge in [-0.2, -0.15) is 4.98 Å². The Hall–Kier alpha value is -2.86. The number of hydrogen-bond donors (Lipinski definition) is 0. The van der Waals surface area contributed by atoms with Crippen molar-refractivity contribution in [3.8, 4) is 10.7 Å². The maximum absolute atomic E-state index is 12.2. The van der Waals surface area contributed by atoms with Crippen molar-refractivity contribution in [1.29, 1.82) is 0 Å². The predicted molar refractivity (Wildman–Crippen MR) is 104 cm³/mol. The van der Waals surface area contributed by atoms with Crippen LogP contribution in [0.5, 0.6) is 0 Å². The molecule has 0 aliphatic rings. The fourth-order valence-corrected chi connectivity index (χ4v) is 3.24. The van der Waals surface area contributed by atoms with Gasteiger partial charge in [-0.15, -0.1) is 11.3 Å². The van der Waals surface area contributed by atoms with E-state index in [1.54, 1.807) is 24.3 Å². The van der Waals surface area contributed by atoms with Gasteiger partial charge in [0.05, 0.1) is 16.8 Å². The quantitative estimate of drug-likeness (QED) is 0.516. The number of carbonyl (C=O) groups excluding carboxylic acids is 1. The Morgan fingerprint density at radius 3 is 2.62 bits per heavy atom. The lowest BCUT2D eigenvalue weighted by Crippen LogP contribution is -2.22. The molecule has 26 heavy (non-hydrogen) atoms. The van der Waals surface area contributed by atoms with Crippen LogP contribution in [0.3, 0.4) is 0 Å². The van der Waals surface area contributed by atoms with E-state index in [1.165, 1.54) is 17.4 Å². The van der Waals surface area contributed by atoms with Crippen LogP contribution in [0.4, 0.5) is 0 Å². The second kappa shape index (κ2) is 7.17. The van der Waals surface area contributed by atoms with Gasteiger partial charge in [0.15, 0.2) is 0 Å². The Morgan fingerprint density at radius 1 is 1.08 bits per heavy atom. The summed E-state index contributed by atoms with van der Waals surface area (Å²) in [5.74, 6) is -0.432. The van der Waals surface area contributed by atoms with Gasteiger partial charge in [-0.3, -0.25) is 4.79 Å². The molecule has 0 aliphatic heterocycles. The van der Waals surface area contributed by atoms with Crippen molar-refractivity contribution in [3.63, 3.8) is 0 Å². The first-order valence-corrected chi connectivity index (χ1v) is 8.92. The number of aromatic nitrogens is 2. The highest BCUT2D eigenvalue weighted by Crippen LogP contribution is 2.24. The van der Waals surface area contributed by atoms with Gasteiger partial charge >= 0.3 is 5.97 Å². The van der Waals surface area contributed by atoms with Gasteiger partial charge in [0.25, 0.3) is 5.56 Å². The first-order valence-electron chi connectivity index (χ1n) is 8.10. The summed E-state index contributed by atoms with van der Waals surface area (Å²) >= 11 is 1.41. The number of pyridine rings is 1. The number of esters is 1. The van der Waals surface area contributed by atoms with Gasteiger partial charge in [-0.1, -0.05) is 18.2 Å². The number of fused-ring (bicyclic) bond motifs is 1. The highest BCUT2D eigenvalue weighted by Gasteiger charge is 2.14. The van der Waals surface area contributed by atoms with E-state index in [0.717, 1.165) is 4.70 Å². The van der Waals surface area contributed by atoms with Gasteiger partial charge in [0.1, 0.15) is 10.6 Å². The molecule has 1 aromatic carbocycles. The summed E-state index contributed by atoms with van der Waals surface area (Å²) in [6.07, 6.45) is 2.93. The largest absolute Gasteiger partial charge is 0.457 e. The molecule has 5 nitrogen and oxygen atoms in total. The summed E-state index contributed by atoms with van der Waals surface area (Å²) in [4.78, 5) is 32.6. The van der Waals surface area contributed by atoms with Gasteiger partial charge in [-0.05, 0) is 51.1 Å². The number of carbonyl (C=O) groups is 1. The standard InChI is InChI=1S/C20H18N2O3S/c1-20(2,3)25-17(23)12-11-13-7-6-9-15(21-13)19-22-18(24)14-8-4-5-10-16(14)26-19/h4-12H,1-3H3. The number of ether oxygens (including phenoxy) is 1. The number of hydrogen-bond acceptors (Lipinski definition) is 6. The van der Waals surface area contributed by atoms with Crippen LogP contribution < -0.4 is 5.56 Å². The first-order chi connectivity index (χ1) is 12.3. The Labute approximate surface area is 155 Å². The van der Waals surface area contributed by atoms with E-state index < -0.39 is 11.6 Å². The van der Waals surface area contributed by atoms with E-state index >= 15 is 0 Å². The third-order valence-electron chi connectivity index (χ3n) is 3.31. The van der Waals surface area contributed by atoms with Crippen molar-refractivity contribution in [2.75, 3.05) is 0 Å². The summed E-state index contributed by atoms with van der Waals surface area (Å²) < 4.78 is 6.09. The average molecular weight is 366 g/mol. The van der Waals surface area contributed by atoms with Crippen molar-refractivity contribution in [1.82, 2.24) is 9.97 Å². The molecule has 0 unspecified atom stereocenters. The molecule has 3 rings (SSSR count). The monoisotopic (exact) mass is 366 g/mol. The lowest BCUT2D eigenvalue weighted by molar-refractivity contribution is -0.148. The summed E-state index contributed by atoms with van der Waals surface area (Å²) in [7, 11) is 0. The summed E-state index contributed by atoms with van der Waals surface area (Å²) in [5, 5.41) is 1.14. The van der Waals surface area contributed by atoms with E-state index in [2.05, 4.69) is 9.97 Å². The predicted octanol–water partition coefficient (Wildman–Crippen LogP) is 4.07. The van der Waals surface area contributed by atoms with Crippen molar-refractivity contribution in [2.45, 2.75) is 26.4 Å². The minimum absolute atomic E-state index is 0.272. The van der Waals surface area contributed by atoms with E-state index in [-0.39, 0.29) is 5.56 Å². The smallest absolute Gasteiger partial charge is 0.331 e. The second-order valence-corrected chi connectivity index (χ2v) is 7.67. The van der Waals surface area contributed by atoms with Crippen LogP contribution in [-0.2, 0) is 9.53 Å². The minimum Gasteiger partial charge on any atom is -0.457 e. The number of rotatable bonds is 3. The summed E-state index contributed by atoms with van der Waals surface area (Å²) in [6.45, 7) is 5.43. The molecule has 2 aromatic heterocycles. The number of benzene rings is 1. The Morgan fingerprint density at radius 2 is 1.85 bits per heavy atom. The normalized spacial score (nSPS) is 11.8. The molecule has 0 spiro atoms. The SMILES string of the molecule is CC(C)(C)OC(=O)C=Cc1cccc(-c2nc(=O)c3ccccc3s2)n1. The summed E-state index contributed by atoms with van der Waals surface area (Å²) in [5.41, 5.74) is 0.357. The molecule has 0 saturated heterocycles. The van der Waals surface area contributed by atoms with Crippen molar-refractivity contribution in [3.05, 3.63) is 64.6 Å². The number of nitrogens with zero attached hydrogens (tertiary/aromatic N) is 2. The molecule has 0 N–H and O–H groups in total. The van der Waals surface area contributed by atoms with Crippen LogP contribution in [0, 0.1) is 0 Å². The third kappa shape index (κ3) is 4.40. The van der Waals surface area contributed by atoms with Crippen LogP contribution in [0.25, 0.3) is 26.9 Å². The average Bonchev–Trinajstić information content (AvgIpc) is 2.59. The fraction of sp³-hybridized carbons (Fsp3) is 0.200. The third-order valence-corrected chi connectivity index (χ3v) is 4.38. The molecule has 132 valence electrons. The fourth-order valence-electron chi connectivity index (χ4n) is 2.27. The van der Waals surface area contributed by atoms with Crippen molar-refractivity contribution in [2.24, 2.45) is 0 Å². The molecule has 0 aliphatic carbocycles. The van der Waals surface area contributed by atoms with Crippen LogP contribution in [-0.4, -0.2) is 21.5 Å². The Bertz CT molecular complexity index is 1050. The molecule has 3 aromatic rings. The van der Waals surface area contributed by atoms with Gasteiger partial charge in [0.2, 0.25) is 0 Å². The van der Waals surface area contributed by atoms with Gasteiger partial charge in [0, 0.05) is 10.8 Å². The first kappa shape index (κ1) is 17.9. The van der Waals surface area contributed by atoms with E-state index in [1.807, 2.05) is 45.0 Å². The molecule has 2 heterocycles. The van der Waals surface area contributed by atoms with Crippen LogP contribution in [0.15, 0.2) is 53.3 Å². The molecule has 0 saturated carbocycles. The Balaban J connectivity index is 1.90.